The molecule has 162 valence electrons. The Morgan fingerprint density at radius 3 is 2.40 bits per heavy atom. The SMILES string of the molecule is CN=C(NCc1cc(F)ccc1CS(C)(=O)=O)NCC1(c2ccccc2)CCCC1. The summed E-state index contributed by atoms with van der Waals surface area (Å²) >= 11 is 0. The van der Waals surface area contributed by atoms with Crippen LogP contribution in [0, 0.1) is 5.82 Å². The molecule has 5 nitrogen and oxygen atoms in total. The maximum atomic E-state index is 13.8. The third-order valence-corrected chi connectivity index (χ3v) is 6.63. The zero-order valence-corrected chi connectivity index (χ0v) is 18.4. The van der Waals surface area contributed by atoms with Gasteiger partial charge in [-0.15, -0.1) is 0 Å². The summed E-state index contributed by atoms with van der Waals surface area (Å²) in [7, 11) is -1.52. The van der Waals surface area contributed by atoms with E-state index in [-0.39, 0.29) is 17.0 Å². The van der Waals surface area contributed by atoms with Crippen LogP contribution in [0.15, 0.2) is 53.5 Å². The molecule has 0 heterocycles. The summed E-state index contributed by atoms with van der Waals surface area (Å²) < 4.78 is 37.2. The molecule has 30 heavy (non-hydrogen) atoms. The molecular formula is C23H30FN3O2S. The molecule has 0 spiro atoms. The van der Waals surface area contributed by atoms with E-state index < -0.39 is 9.84 Å². The van der Waals surface area contributed by atoms with Crippen molar-refractivity contribution in [3.05, 3.63) is 71.0 Å². The van der Waals surface area contributed by atoms with Crippen LogP contribution in [0.3, 0.4) is 0 Å². The number of sulfone groups is 1. The predicted molar refractivity (Wildman–Crippen MR) is 120 cm³/mol. The number of halogens is 1. The first-order valence-electron chi connectivity index (χ1n) is 10.3. The standard InChI is InChI=1S/C23H30FN3O2S/c1-25-22(26-15-19-14-21(24)11-10-18(19)16-30(2,28)29)27-17-23(12-6-7-13-23)20-8-4-3-5-9-20/h3-5,8-11,14H,6-7,12-13,15-17H2,1-2H3,(H2,25,26,27). The summed E-state index contributed by atoms with van der Waals surface area (Å²) in [5.74, 6) is 0.112. The second kappa shape index (κ2) is 9.60. The van der Waals surface area contributed by atoms with E-state index in [9.17, 15) is 12.8 Å². The zero-order valence-electron chi connectivity index (χ0n) is 17.6. The molecule has 3 rings (SSSR count). The second-order valence-electron chi connectivity index (χ2n) is 8.12. The molecule has 1 saturated carbocycles. The lowest BCUT2D eigenvalue weighted by atomic mass is 9.79. The largest absolute Gasteiger partial charge is 0.356 e. The van der Waals surface area contributed by atoms with Gasteiger partial charge in [-0.3, -0.25) is 4.99 Å². The molecule has 0 unspecified atom stereocenters. The summed E-state index contributed by atoms with van der Waals surface area (Å²) in [6.07, 6.45) is 5.85. The first kappa shape index (κ1) is 22.3. The Morgan fingerprint density at radius 1 is 1.07 bits per heavy atom. The number of guanidine groups is 1. The minimum Gasteiger partial charge on any atom is -0.356 e. The van der Waals surface area contributed by atoms with Crippen molar-refractivity contribution in [3.63, 3.8) is 0 Å². The number of nitrogens with zero attached hydrogens (tertiary/aromatic N) is 1. The number of benzene rings is 2. The number of hydrogen-bond acceptors (Lipinski definition) is 3. The Morgan fingerprint density at radius 2 is 1.77 bits per heavy atom. The molecule has 2 N–H and O–H groups in total. The summed E-state index contributed by atoms with van der Waals surface area (Å²) in [6.45, 7) is 1.05. The van der Waals surface area contributed by atoms with Gasteiger partial charge in [0.2, 0.25) is 0 Å². The zero-order chi connectivity index (χ0) is 21.6. The fourth-order valence-electron chi connectivity index (χ4n) is 4.25. The Kier molecular flexibility index (Phi) is 7.13. The molecule has 0 saturated heterocycles. The monoisotopic (exact) mass is 431 g/mol. The minimum absolute atomic E-state index is 0.0825. The van der Waals surface area contributed by atoms with Crippen LogP contribution in [-0.2, 0) is 27.5 Å². The maximum absolute atomic E-state index is 13.8. The van der Waals surface area contributed by atoms with Crippen LogP contribution in [0.2, 0.25) is 0 Å². The van der Waals surface area contributed by atoms with Gasteiger partial charge >= 0.3 is 0 Å². The van der Waals surface area contributed by atoms with Crippen LogP contribution in [0.5, 0.6) is 0 Å². The van der Waals surface area contributed by atoms with Crippen molar-refractivity contribution < 1.29 is 12.8 Å². The van der Waals surface area contributed by atoms with Crippen molar-refractivity contribution >= 4 is 15.8 Å². The first-order chi connectivity index (χ1) is 14.3. The van der Waals surface area contributed by atoms with Gasteiger partial charge in [-0.05, 0) is 41.7 Å². The molecule has 1 aliphatic carbocycles. The lowest BCUT2D eigenvalue weighted by Gasteiger charge is -2.31. The van der Waals surface area contributed by atoms with Crippen molar-refractivity contribution in [2.45, 2.75) is 43.4 Å². The Bertz CT molecular complexity index is 985. The van der Waals surface area contributed by atoms with Crippen molar-refractivity contribution in [1.29, 1.82) is 0 Å². The van der Waals surface area contributed by atoms with Gasteiger partial charge in [0.25, 0.3) is 0 Å². The topological polar surface area (TPSA) is 70.6 Å². The molecule has 0 amide bonds. The van der Waals surface area contributed by atoms with Crippen molar-refractivity contribution in [1.82, 2.24) is 10.6 Å². The lowest BCUT2D eigenvalue weighted by molar-refractivity contribution is 0.431. The van der Waals surface area contributed by atoms with E-state index in [1.807, 2.05) is 6.07 Å². The van der Waals surface area contributed by atoms with E-state index in [4.69, 9.17) is 0 Å². The van der Waals surface area contributed by atoms with Gasteiger partial charge in [0, 0.05) is 31.8 Å². The number of rotatable bonds is 7. The van der Waals surface area contributed by atoms with Gasteiger partial charge in [-0.25, -0.2) is 12.8 Å². The van der Waals surface area contributed by atoms with Crippen molar-refractivity contribution in [3.8, 4) is 0 Å². The predicted octanol–water partition coefficient (Wildman–Crippen LogP) is 3.55. The van der Waals surface area contributed by atoms with Crippen molar-refractivity contribution in [2.75, 3.05) is 19.8 Å². The summed E-state index contributed by atoms with van der Waals surface area (Å²) in [5, 5.41) is 6.64. The molecule has 1 fully saturated rings. The average Bonchev–Trinajstić information content (AvgIpc) is 3.20. The molecule has 7 heteroatoms. The van der Waals surface area contributed by atoms with Gasteiger partial charge in [0.05, 0.1) is 5.75 Å². The van der Waals surface area contributed by atoms with E-state index >= 15 is 0 Å². The van der Waals surface area contributed by atoms with Crippen LogP contribution in [0.4, 0.5) is 4.39 Å². The highest BCUT2D eigenvalue weighted by Crippen LogP contribution is 2.40. The molecule has 2 aromatic rings. The van der Waals surface area contributed by atoms with Gasteiger partial charge in [0.1, 0.15) is 5.82 Å². The number of aliphatic imine (C=N–C) groups is 1. The average molecular weight is 432 g/mol. The van der Waals surface area contributed by atoms with Crippen molar-refractivity contribution in [2.24, 2.45) is 4.99 Å². The van der Waals surface area contributed by atoms with E-state index in [1.165, 1.54) is 42.9 Å². The van der Waals surface area contributed by atoms with Crippen LogP contribution in [0.25, 0.3) is 0 Å². The molecule has 0 radical (unpaired) electrons. The lowest BCUT2D eigenvalue weighted by Crippen LogP contribution is -2.44. The summed E-state index contributed by atoms with van der Waals surface area (Å²) in [6, 6.07) is 14.8. The fourth-order valence-corrected chi connectivity index (χ4v) is 5.09. The summed E-state index contributed by atoms with van der Waals surface area (Å²) in [5.41, 5.74) is 2.63. The van der Waals surface area contributed by atoms with E-state index in [2.05, 4.69) is 39.9 Å². The fraction of sp³-hybridized carbons (Fsp3) is 0.435. The number of hydrogen-bond donors (Lipinski definition) is 2. The molecular weight excluding hydrogens is 401 g/mol. The quantitative estimate of drug-likeness (QED) is 0.520. The third kappa shape index (κ3) is 5.81. The highest BCUT2D eigenvalue weighted by atomic mass is 32.2. The van der Waals surface area contributed by atoms with Gasteiger partial charge in [-0.2, -0.15) is 0 Å². The third-order valence-electron chi connectivity index (χ3n) is 5.80. The normalized spacial score (nSPS) is 16.4. The van der Waals surface area contributed by atoms with Gasteiger partial charge < -0.3 is 10.6 Å². The molecule has 0 atom stereocenters. The molecule has 2 aromatic carbocycles. The highest BCUT2D eigenvalue weighted by molar-refractivity contribution is 7.89. The van der Waals surface area contributed by atoms with Crippen LogP contribution in [0.1, 0.15) is 42.4 Å². The highest BCUT2D eigenvalue weighted by Gasteiger charge is 2.35. The molecule has 1 aliphatic rings. The molecule has 0 bridgehead atoms. The molecule has 0 aromatic heterocycles. The van der Waals surface area contributed by atoms with Crippen LogP contribution < -0.4 is 10.6 Å². The van der Waals surface area contributed by atoms with E-state index in [0.29, 0.717) is 23.6 Å². The van der Waals surface area contributed by atoms with Crippen LogP contribution >= 0.6 is 0 Å². The Balaban J connectivity index is 1.68. The van der Waals surface area contributed by atoms with Gasteiger partial charge in [-0.1, -0.05) is 49.2 Å². The molecule has 0 aliphatic heterocycles. The first-order valence-corrected chi connectivity index (χ1v) is 12.3. The van der Waals surface area contributed by atoms with E-state index in [0.717, 1.165) is 19.4 Å². The Hall–Kier alpha value is -2.41. The minimum atomic E-state index is -3.21. The number of nitrogens with one attached hydrogen (secondary N) is 2. The summed E-state index contributed by atoms with van der Waals surface area (Å²) in [4.78, 5) is 4.30. The smallest absolute Gasteiger partial charge is 0.191 e. The van der Waals surface area contributed by atoms with E-state index in [1.54, 1.807) is 7.05 Å². The van der Waals surface area contributed by atoms with Gasteiger partial charge in [0.15, 0.2) is 15.8 Å². The maximum Gasteiger partial charge on any atom is 0.191 e. The second-order valence-corrected chi connectivity index (χ2v) is 10.3. The van der Waals surface area contributed by atoms with Crippen LogP contribution in [-0.4, -0.2) is 34.2 Å². The Labute approximate surface area is 178 Å².